The maximum atomic E-state index is 10.2. The normalized spacial score (nSPS) is 24.9. The molecule has 0 radical (unpaired) electrons. The molecule has 0 aromatic carbocycles. The van der Waals surface area contributed by atoms with Crippen LogP contribution in [0.15, 0.2) is 0 Å². The molecule has 1 saturated heterocycles. The zero-order chi connectivity index (χ0) is 8.10. The molecule has 11 heavy (non-hydrogen) atoms. The molecule has 3 nitrogen and oxygen atoms in total. The third kappa shape index (κ3) is 3.37. The van der Waals surface area contributed by atoms with Crippen LogP contribution in [0.5, 0.6) is 0 Å². The molecule has 1 heterocycles. The van der Waals surface area contributed by atoms with Gasteiger partial charge in [-0.2, -0.15) is 0 Å². The van der Waals surface area contributed by atoms with Gasteiger partial charge >= 0.3 is 5.97 Å². The highest BCUT2D eigenvalue weighted by atomic mass is 16.5. The van der Waals surface area contributed by atoms with Crippen LogP contribution >= 0.6 is 0 Å². The number of hydrogen-bond acceptors (Lipinski definition) is 2. The number of aliphatic carboxylic acids is 1. The van der Waals surface area contributed by atoms with E-state index < -0.39 is 5.97 Å². The molecular weight excluding hydrogens is 144 g/mol. The van der Waals surface area contributed by atoms with E-state index in [0.29, 0.717) is 5.92 Å². The monoisotopic (exact) mass is 158 g/mol. The lowest BCUT2D eigenvalue weighted by atomic mass is 9.97. The summed E-state index contributed by atoms with van der Waals surface area (Å²) >= 11 is 0. The molecule has 1 fully saturated rings. The Morgan fingerprint density at radius 3 is 3.00 bits per heavy atom. The molecule has 1 atom stereocenters. The molecule has 1 aliphatic rings. The van der Waals surface area contributed by atoms with Gasteiger partial charge in [-0.1, -0.05) is 0 Å². The maximum Gasteiger partial charge on any atom is 0.303 e. The summed E-state index contributed by atoms with van der Waals surface area (Å²) in [5, 5.41) is 8.40. The fourth-order valence-corrected chi connectivity index (χ4v) is 1.36. The first-order valence-electron chi connectivity index (χ1n) is 4.08. The van der Waals surface area contributed by atoms with Gasteiger partial charge in [0.15, 0.2) is 0 Å². The Kier molecular flexibility index (Phi) is 3.36. The van der Waals surface area contributed by atoms with Gasteiger partial charge in [0.1, 0.15) is 0 Å². The minimum Gasteiger partial charge on any atom is -0.481 e. The molecule has 0 aromatic rings. The summed E-state index contributed by atoms with van der Waals surface area (Å²) < 4.78 is 5.22. The van der Waals surface area contributed by atoms with Crippen molar-refractivity contribution in [3.63, 3.8) is 0 Å². The Hall–Kier alpha value is -0.570. The molecule has 0 aromatic heterocycles. The van der Waals surface area contributed by atoms with E-state index in [-0.39, 0.29) is 6.42 Å². The molecule has 0 bridgehead atoms. The van der Waals surface area contributed by atoms with E-state index in [4.69, 9.17) is 9.84 Å². The number of carboxylic acid groups (broad SMARTS) is 1. The van der Waals surface area contributed by atoms with E-state index in [1.54, 1.807) is 0 Å². The van der Waals surface area contributed by atoms with E-state index in [9.17, 15) is 4.79 Å². The third-order valence-electron chi connectivity index (χ3n) is 2.02. The van der Waals surface area contributed by atoms with Crippen molar-refractivity contribution in [2.24, 2.45) is 5.92 Å². The van der Waals surface area contributed by atoms with Crippen molar-refractivity contribution in [2.75, 3.05) is 13.2 Å². The van der Waals surface area contributed by atoms with Crippen LogP contribution in [-0.2, 0) is 9.53 Å². The molecule has 1 N–H and O–H groups in total. The summed E-state index contributed by atoms with van der Waals surface area (Å²) in [5.74, 6) is -0.213. The molecule has 0 unspecified atom stereocenters. The third-order valence-corrected chi connectivity index (χ3v) is 2.02. The summed E-state index contributed by atoms with van der Waals surface area (Å²) in [7, 11) is 0. The van der Waals surface area contributed by atoms with E-state index in [2.05, 4.69) is 0 Å². The van der Waals surface area contributed by atoms with Crippen molar-refractivity contribution in [2.45, 2.75) is 25.7 Å². The van der Waals surface area contributed by atoms with Gasteiger partial charge in [0.25, 0.3) is 0 Å². The number of hydrogen-bond donors (Lipinski definition) is 1. The zero-order valence-corrected chi connectivity index (χ0v) is 6.58. The van der Waals surface area contributed by atoms with Gasteiger partial charge in [-0.15, -0.1) is 0 Å². The highest BCUT2D eigenvalue weighted by Crippen LogP contribution is 2.18. The molecule has 3 heteroatoms. The van der Waals surface area contributed by atoms with Crippen molar-refractivity contribution >= 4 is 5.97 Å². The molecule has 0 amide bonds. The molecular formula is C8H14O3. The van der Waals surface area contributed by atoms with Crippen molar-refractivity contribution < 1.29 is 14.6 Å². The first-order chi connectivity index (χ1) is 5.29. The lowest BCUT2D eigenvalue weighted by Crippen LogP contribution is -2.18. The number of rotatable bonds is 3. The van der Waals surface area contributed by atoms with Gasteiger partial charge < -0.3 is 9.84 Å². The highest BCUT2D eigenvalue weighted by Gasteiger charge is 2.14. The zero-order valence-electron chi connectivity index (χ0n) is 6.58. The van der Waals surface area contributed by atoms with E-state index in [0.717, 1.165) is 32.5 Å². The first-order valence-corrected chi connectivity index (χ1v) is 4.08. The maximum absolute atomic E-state index is 10.2. The van der Waals surface area contributed by atoms with Gasteiger partial charge in [0, 0.05) is 19.6 Å². The minimum absolute atomic E-state index is 0.286. The number of ether oxygens (including phenoxy) is 1. The summed E-state index contributed by atoms with van der Waals surface area (Å²) in [6.45, 7) is 1.61. The molecule has 0 saturated carbocycles. The fraction of sp³-hybridized carbons (Fsp3) is 0.875. The van der Waals surface area contributed by atoms with Crippen LogP contribution in [0.25, 0.3) is 0 Å². The average molecular weight is 158 g/mol. The van der Waals surface area contributed by atoms with Gasteiger partial charge in [-0.05, 0) is 25.2 Å². The van der Waals surface area contributed by atoms with Crippen molar-refractivity contribution in [3.8, 4) is 0 Å². The Morgan fingerprint density at radius 2 is 2.45 bits per heavy atom. The first kappa shape index (κ1) is 8.53. The van der Waals surface area contributed by atoms with Crippen LogP contribution in [0.3, 0.4) is 0 Å². The van der Waals surface area contributed by atoms with Gasteiger partial charge in [-0.25, -0.2) is 0 Å². The van der Waals surface area contributed by atoms with Crippen LogP contribution < -0.4 is 0 Å². The van der Waals surface area contributed by atoms with E-state index in [1.165, 1.54) is 0 Å². The van der Waals surface area contributed by atoms with Crippen LogP contribution in [0.1, 0.15) is 25.7 Å². The molecule has 1 aliphatic heterocycles. The summed E-state index contributed by atoms with van der Waals surface area (Å²) in [6.07, 6.45) is 3.28. The Labute approximate surface area is 66.4 Å². The lowest BCUT2D eigenvalue weighted by molar-refractivity contribution is -0.137. The Morgan fingerprint density at radius 1 is 1.64 bits per heavy atom. The number of carbonyl (C=O) groups is 1. The van der Waals surface area contributed by atoms with Crippen molar-refractivity contribution in [1.82, 2.24) is 0 Å². The summed E-state index contributed by atoms with van der Waals surface area (Å²) in [5.41, 5.74) is 0. The standard InChI is InChI=1S/C8H14O3/c9-8(10)4-3-7-2-1-5-11-6-7/h7H,1-6H2,(H,9,10)/t7-/m1/s1. The second kappa shape index (κ2) is 4.34. The second-order valence-electron chi connectivity index (χ2n) is 3.02. The van der Waals surface area contributed by atoms with E-state index >= 15 is 0 Å². The Balaban J connectivity index is 2.09. The largest absolute Gasteiger partial charge is 0.481 e. The summed E-state index contributed by atoms with van der Waals surface area (Å²) in [4.78, 5) is 10.2. The van der Waals surface area contributed by atoms with Gasteiger partial charge in [-0.3, -0.25) is 4.79 Å². The van der Waals surface area contributed by atoms with Gasteiger partial charge in [0.05, 0.1) is 0 Å². The summed E-state index contributed by atoms with van der Waals surface area (Å²) in [6, 6.07) is 0. The van der Waals surface area contributed by atoms with Crippen LogP contribution in [0.4, 0.5) is 0 Å². The molecule has 64 valence electrons. The van der Waals surface area contributed by atoms with E-state index in [1.807, 2.05) is 0 Å². The van der Waals surface area contributed by atoms with Crippen LogP contribution in [0, 0.1) is 5.92 Å². The van der Waals surface area contributed by atoms with Crippen LogP contribution in [-0.4, -0.2) is 24.3 Å². The topological polar surface area (TPSA) is 46.5 Å². The molecule has 0 aliphatic carbocycles. The SMILES string of the molecule is O=C(O)CC[C@H]1CCCOC1. The van der Waals surface area contributed by atoms with Crippen LogP contribution in [0.2, 0.25) is 0 Å². The quantitative estimate of drug-likeness (QED) is 0.673. The highest BCUT2D eigenvalue weighted by molar-refractivity contribution is 5.66. The van der Waals surface area contributed by atoms with Crippen molar-refractivity contribution in [3.05, 3.63) is 0 Å². The predicted octanol–water partition coefficient (Wildman–Crippen LogP) is 1.28. The average Bonchev–Trinajstić information content (AvgIpc) is 2.03. The van der Waals surface area contributed by atoms with Crippen molar-refractivity contribution in [1.29, 1.82) is 0 Å². The lowest BCUT2D eigenvalue weighted by Gasteiger charge is -2.20. The fourth-order valence-electron chi connectivity index (χ4n) is 1.36. The Bertz CT molecular complexity index is 127. The molecule has 1 rings (SSSR count). The smallest absolute Gasteiger partial charge is 0.303 e. The minimum atomic E-state index is -0.699. The number of carboxylic acids is 1. The molecule has 0 spiro atoms. The van der Waals surface area contributed by atoms with Gasteiger partial charge in [0.2, 0.25) is 0 Å². The predicted molar refractivity (Wildman–Crippen MR) is 40.4 cm³/mol. The second-order valence-corrected chi connectivity index (χ2v) is 3.02.